The number of rotatable bonds is 11. The van der Waals surface area contributed by atoms with Crippen LogP contribution in [-0.4, -0.2) is 41.5 Å². The second-order valence-electron chi connectivity index (χ2n) is 9.47. The third kappa shape index (κ3) is 6.87. The average Bonchev–Trinajstić information content (AvgIpc) is 3.60. The monoisotopic (exact) mass is 532 g/mol. The van der Waals surface area contributed by atoms with Gasteiger partial charge < -0.3 is 9.64 Å². The van der Waals surface area contributed by atoms with E-state index in [-0.39, 0.29) is 29.9 Å². The van der Waals surface area contributed by atoms with Crippen LogP contribution in [0.5, 0.6) is 5.75 Å². The SMILES string of the molecule is CCCCCOc1ccc(N(C(=O)C2CC2)c2nc(-c3ccc(CN(C)C)nc3)cs2)cc1C(F)(F)F. The van der Waals surface area contributed by atoms with E-state index in [0.717, 1.165) is 43.0 Å². The summed E-state index contributed by atoms with van der Waals surface area (Å²) in [5.74, 6) is -0.682. The van der Waals surface area contributed by atoms with Crippen LogP contribution < -0.4 is 9.64 Å². The molecular weight excluding hydrogens is 501 g/mol. The zero-order chi connectivity index (χ0) is 26.6. The average molecular weight is 533 g/mol. The molecule has 37 heavy (non-hydrogen) atoms. The molecule has 4 rings (SSSR count). The summed E-state index contributed by atoms with van der Waals surface area (Å²) >= 11 is 1.22. The highest BCUT2D eigenvalue weighted by molar-refractivity contribution is 7.14. The number of aromatic nitrogens is 2. The van der Waals surface area contributed by atoms with E-state index in [4.69, 9.17) is 4.74 Å². The molecule has 2 aromatic heterocycles. The summed E-state index contributed by atoms with van der Waals surface area (Å²) in [7, 11) is 3.92. The van der Waals surface area contributed by atoms with Crippen molar-refractivity contribution in [2.24, 2.45) is 5.92 Å². The highest BCUT2D eigenvalue weighted by Gasteiger charge is 2.39. The maximum Gasteiger partial charge on any atom is 0.420 e. The molecule has 0 atom stereocenters. The fraction of sp³-hybridized carbons (Fsp3) is 0.444. The van der Waals surface area contributed by atoms with Crippen molar-refractivity contribution in [2.75, 3.05) is 25.6 Å². The molecule has 0 bridgehead atoms. The molecule has 0 saturated heterocycles. The van der Waals surface area contributed by atoms with Crippen LogP contribution in [0.15, 0.2) is 41.9 Å². The van der Waals surface area contributed by atoms with E-state index >= 15 is 0 Å². The number of benzene rings is 1. The number of thiazole rings is 1. The Hall–Kier alpha value is -2.98. The number of pyridine rings is 1. The first kappa shape index (κ1) is 27.1. The first-order chi connectivity index (χ1) is 17.7. The lowest BCUT2D eigenvalue weighted by molar-refractivity contribution is -0.139. The Bertz CT molecular complexity index is 1210. The van der Waals surface area contributed by atoms with Crippen LogP contribution in [0.1, 0.15) is 50.3 Å². The van der Waals surface area contributed by atoms with Crippen LogP contribution in [0.4, 0.5) is 24.0 Å². The predicted molar refractivity (Wildman–Crippen MR) is 139 cm³/mol. The first-order valence-corrected chi connectivity index (χ1v) is 13.3. The molecule has 0 N–H and O–H groups in total. The zero-order valence-electron chi connectivity index (χ0n) is 21.2. The van der Waals surface area contributed by atoms with Gasteiger partial charge in [0.1, 0.15) is 5.75 Å². The summed E-state index contributed by atoms with van der Waals surface area (Å²) < 4.78 is 47.4. The number of alkyl halides is 3. The highest BCUT2D eigenvalue weighted by Crippen LogP contribution is 2.43. The number of ether oxygens (including phenoxy) is 1. The van der Waals surface area contributed by atoms with Crippen molar-refractivity contribution in [1.29, 1.82) is 0 Å². The molecule has 1 amide bonds. The molecule has 1 fully saturated rings. The van der Waals surface area contributed by atoms with E-state index in [1.54, 1.807) is 11.6 Å². The Morgan fingerprint density at radius 3 is 2.57 bits per heavy atom. The van der Waals surface area contributed by atoms with Gasteiger partial charge in [0.05, 0.1) is 29.2 Å². The van der Waals surface area contributed by atoms with Gasteiger partial charge in [-0.15, -0.1) is 11.3 Å². The van der Waals surface area contributed by atoms with Gasteiger partial charge in [0.25, 0.3) is 0 Å². The Morgan fingerprint density at radius 2 is 1.95 bits per heavy atom. The topological polar surface area (TPSA) is 58.6 Å². The number of amides is 1. The minimum atomic E-state index is -4.63. The standard InChI is InChI=1S/C27H31F3N4O2S/c1-4-5-6-13-36-24-12-11-21(14-22(24)27(28,29)30)34(25(35)18-7-8-18)26-32-23(17-37-26)19-9-10-20(31-15-19)16-33(2)3/h9-12,14-15,17-18H,4-8,13,16H2,1-3H3. The molecule has 0 aliphatic heterocycles. The van der Waals surface area contributed by atoms with Gasteiger partial charge in [-0.3, -0.25) is 14.7 Å². The molecule has 6 nitrogen and oxygen atoms in total. The van der Waals surface area contributed by atoms with Crippen molar-refractivity contribution >= 4 is 28.1 Å². The molecule has 1 aliphatic carbocycles. The van der Waals surface area contributed by atoms with E-state index < -0.39 is 11.7 Å². The largest absolute Gasteiger partial charge is 0.493 e. The molecule has 0 unspecified atom stereocenters. The molecule has 1 aromatic carbocycles. The molecular formula is C27H31F3N4O2S. The minimum Gasteiger partial charge on any atom is -0.493 e. The quantitative estimate of drug-likeness (QED) is 0.251. The fourth-order valence-corrected chi connectivity index (χ4v) is 4.73. The maximum absolute atomic E-state index is 14.0. The third-order valence-electron chi connectivity index (χ3n) is 5.96. The first-order valence-electron chi connectivity index (χ1n) is 12.4. The lowest BCUT2D eigenvalue weighted by Crippen LogP contribution is -2.27. The molecule has 1 saturated carbocycles. The summed E-state index contributed by atoms with van der Waals surface area (Å²) in [6, 6.07) is 7.62. The van der Waals surface area contributed by atoms with Crippen LogP contribution >= 0.6 is 11.3 Å². The second kappa shape index (κ2) is 11.6. The summed E-state index contributed by atoms with van der Waals surface area (Å²) in [4.78, 5) is 25.7. The maximum atomic E-state index is 14.0. The zero-order valence-corrected chi connectivity index (χ0v) is 22.0. The highest BCUT2D eigenvalue weighted by atomic mass is 32.1. The molecule has 2 heterocycles. The Kier molecular flexibility index (Phi) is 8.49. The van der Waals surface area contributed by atoms with Gasteiger partial charge in [0, 0.05) is 29.6 Å². The lowest BCUT2D eigenvalue weighted by Gasteiger charge is -2.22. The van der Waals surface area contributed by atoms with Crippen LogP contribution in [0.3, 0.4) is 0 Å². The fourth-order valence-electron chi connectivity index (χ4n) is 3.88. The van der Waals surface area contributed by atoms with E-state index in [1.807, 2.05) is 38.1 Å². The van der Waals surface area contributed by atoms with Gasteiger partial charge in [0.2, 0.25) is 5.91 Å². The van der Waals surface area contributed by atoms with Crippen molar-refractivity contribution in [3.8, 4) is 17.0 Å². The summed E-state index contributed by atoms with van der Waals surface area (Å²) in [5, 5.41) is 2.12. The molecule has 3 aromatic rings. The van der Waals surface area contributed by atoms with Crippen molar-refractivity contribution in [3.63, 3.8) is 0 Å². The number of anilines is 2. The summed E-state index contributed by atoms with van der Waals surface area (Å²) in [6.45, 7) is 2.92. The van der Waals surface area contributed by atoms with Crippen LogP contribution in [-0.2, 0) is 17.5 Å². The Morgan fingerprint density at radius 1 is 1.16 bits per heavy atom. The number of nitrogens with zero attached hydrogens (tertiary/aromatic N) is 4. The Balaban J connectivity index is 1.65. The van der Waals surface area contributed by atoms with Gasteiger partial charge in [-0.05, 0) is 63.7 Å². The molecule has 10 heteroatoms. The molecule has 1 aliphatic rings. The smallest absolute Gasteiger partial charge is 0.420 e. The van der Waals surface area contributed by atoms with Gasteiger partial charge in [-0.1, -0.05) is 19.8 Å². The predicted octanol–water partition coefficient (Wildman–Crippen LogP) is 6.93. The normalized spacial score (nSPS) is 13.7. The van der Waals surface area contributed by atoms with E-state index in [2.05, 4.69) is 9.97 Å². The number of carbonyl (C=O) groups is 1. The van der Waals surface area contributed by atoms with E-state index in [1.165, 1.54) is 28.4 Å². The van der Waals surface area contributed by atoms with Crippen molar-refractivity contribution in [1.82, 2.24) is 14.9 Å². The third-order valence-corrected chi connectivity index (χ3v) is 6.79. The van der Waals surface area contributed by atoms with Crippen LogP contribution in [0.2, 0.25) is 0 Å². The summed E-state index contributed by atoms with van der Waals surface area (Å²) in [5.41, 5.74) is 1.53. The number of hydrogen-bond acceptors (Lipinski definition) is 6. The van der Waals surface area contributed by atoms with Crippen molar-refractivity contribution in [3.05, 3.63) is 53.2 Å². The van der Waals surface area contributed by atoms with Crippen LogP contribution in [0.25, 0.3) is 11.3 Å². The number of carbonyl (C=O) groups excluding carboxylic acids is 1. The number of hydrogen-bond donors (Lipinski definition) is 0. The van der Waals surface area contributed by atoms with E-state index in [0.29, 0.717) is 23.8 Å². The molecule has 0 radical (unpaired) electrons. The Labute approximate surface area is 219 Å². The number of halogens is 3. The van der Waals surface area contributed by atoms with Crippen molar-refractivity contribution in [2.45, 2.75) is 51.7 Å². The molecule has 0 spiro atoms. The van der Waals surface area contributed by atoms with Gasteiger partial charge in [-0.25, -0.2) is 4.98 Å². The molecule has 198 valence electrons. The van der Waals surface area contributed by atoms with Gasteiger partial charge in [0.15, 0.2) is 5.13 Å². The van der Waals surface area contributed by atoms with E-state index in [9.17, 15) is 18.0 Å². The summed E-state index contributed by atoms with van der Waals surface area (Å²) in [6.07, 6.45) is 1.03. The minimum absolute atomic E-state index is 0.130. The van der Waals surface area contributed by atoms with Crippen LogP contribution in [0, 0.1) is 5.92 Å². The van der Waals surface area contributed by atoms with Gasteiger partial charge in [-0.2, -0.15) is 13.2 Å². The number of unbranched alkanes of at least 4 members (excludes halogenated alkanes) is 2. The van der Waals surface area contributed by atoms with Gasteiger partial charge >= 0.3 is 6.18 Å². The second-order valence-corrected chi connectivity index (χ2v) is 10.3. The van der Waals surface area contributed by atoms with Crippen molar-refractivity contribution < 1.29 is 22.7 Å². The lowest BCUT2D eigenvalue weighted by atomic mass is 10.1.